The number of hydrogen-bond acceptors (Lipinski definition) is 6. The minimum Gasteiger partial charge on any atom is -0.394 e. The fourth-order valence-corrected chi connectivity index (χ4v) is 2.15. The van der Waals surface area contributed by atoms with Gasteiger partial charge >= 0.3 is 0 Å². The van der Waals surface area contributed by atoms with Gasteiger partial charge in [-0.15, -0.1) is 0 Å². The molecule has 3 N–H and O–H groups in total. The van der Waals surface area contributed by atoms with E-state index in [1.54, 1.807) is 0 Å². The summed E-state index contributed by atoms with van der Waals surface area (Å²) in [6, 6.07) is 0. The Kier molecular flexibility index (Phi) is 2.61. The van der Waals surface area contributed by atoms with Crippen molar-refractivity contribution in [2.24, 2.45) is 0 Å². The molecule has 0 unspecified atom stereocenters. The largest absolute Gasteiger partial charge is 0.394 e. The molecule has 7 nitrogen and oxygen atoms in total. The molecule has 0 bridgehead atoms. The molecule has 3 heterocycles. The molecule has 1 fully saturated rings. The zero-order valence-corrected chi connectivity index (χ0v) is 9.70. The van der Waals surface area contributed by atoms with Gasteiger partial charge in [0.15, 0.2) is 11.5 Å². The maximum atomic E-state index is 13.9. The number of halogens is 2. The maximum absolute atomic E-state index is 13.9. The smallest absolute Gasteiger partial charge is 0.295 e. The molecule has 0 radical (unpaired) electrons. The Bertz CT molecular complexity index is 617. The fraction of sp³-hybridized carbons (Fsp3) is 0.500. The number of hydrogen-bond donors (Lipinski definition) is 2. The van der Waals surface area contributed by atoms with Crippen molar-refractivity contribution < 1.29 is 18.6 Å². The van der Waals surface area contributed by atoms with Crippen molar-refractivity contribution in [2.45, 2.75) is 24.7 Å². The minimum atomic E-state index is -3.11. The van der Waals surface area contributed by atoms with Crippen LogP contribution in [0.3, 0.4) is 0 Å². The second kappa shape index (κ2) is 4.07. The molecule has 0 aromatic carbocycles. The van der Waals surface area contributed by atoms with Crippen molar-refractivity contribution >= 4 is 17.0 Å². The summed E-state index contributed by atoms with van der Waals surface area (Å²) in [6.07, 6.45) is -0.643. The number of fused-ring (bicyclic) bond motifs is 1. The first kappa shape index (κ1) is 12.2. The first-order chi connectivity index (χ1) is 9.03. The zero-order chi connectivity index (χ0) is 13.6. The van der Waals surface area contributed by atoms with Crippen LogP contribution in [0.15, 0.2) is 12.7 Å². The van der Waals surface area contributed by atoms with Crippen LogP contribution < -0.4 is 5.73 Å². The quantitative estimate of drug-likeness (QED) is 0.816. The van der Waals surface area contributed by atoms with Crippen LogP contribution in [-0.4, -0.2) is 43.3 Å². The zero-order valence-electron chi connectivity index (χ0n) is 9.70. The molecule has 0 spiro atoms. The lowest BCUT2D eigenvalue weighted by Gasteiger charge is -2.19. The SMILES string of the molecule is Nc1ncnc2c1ncn2[C@@H]1O[C@H](CO)CC1(F)F. The number of aliphatic hydroxyl groups is 1. The Labute approximate surface area is 106 Å². The summed E-state index contributed by atoms with van der Waals surface area (Å²) in [6.45, 7) is -0.462. The van der Waals surface area contributed by atoms with E-state index < -0.39 is 31.3 Å². The van der Waals surface area contributed by atoms with Gasteiger partial charge in [0.2, 0.25) is 6.23 Å². The maximum Gasteiger partial charge on any atom is 0.295 e. The van der Waals surface area contributed by atoms with Crippen LogP contribution in [0.2, 0.25) is 0 Å². The molecule has 102 valence electrons. The molecule has 0 amide bonds. The summed E-state index contributed by atoms with van der Waals surface area (Å²) in [5.41, 5.74) is 6.02. The molecule has 19 heavy (non-hydrogen) atoms. The normalized spacial score (nSPS) is 26.1. The van der Waals surface area contributed by atoms with E-state index in [-0.39, 0.29) is 17.0 Å². The summed E-state index contributed by atoms with van der Waals surface area (Å²) in [5.74, 6) is -3.00. The first-order valence-electron chi connectivity index (χ1n) is 5.60. The molecule has 2 aromatic heterocycles. The lowest BCUT2D eigenvalue weighted by atomic mass is 10.2. The summed E-state index contributed by atoms with van der Waals surface area (Å²) < 4.78 is 34.0. The summed E-state index contributed by atoms with van der Waals surface area (Å²) in [4.78, 5) is 11.6. The van der Waals surface area contributed by atoms with Gasteiger partial charge in [0.05, 0.1) is 19.0 Å². The third kappa shape index (κ3) is 1.81. The molecule has 3 rings (SSSR count). The molecule has 9 heteroatoms. The number of aliphatic hydroxyl groups excluding tert-OH is 1. The number of nitrogen functional groups attached to an aromatic ring is 1. The van der Waals surface area contributed by atoms with E-state index in [0.717, 1.165) is 4.57 Å². The Morgan fingerprint density at radius 1 is 1.47 bits per heavy atom. The Morgan fingerprint density at radius 2 is 2.26 bits per heavy atom. The molecular formula is C10H11F2N5O2. The van der Waals surface area contributed by atoms with Crippen molar-refractivity contribution in [3.8, 4) is 0 Å². The summed E-state index contributed by atoms with van der Waals surface area (Å²) >= 11 is 0. The average molecular weight is 271 g/mol. The number of ether oxygens (including phenoxy) is 1. The van der Waals surface area contributed by atoms with E-state index in [4.69, 9.17) is 15.6 Å². The number of alkyl halides is 2. The molecule has 0 aliphatic carbocycles. The molecule has 1 aliphatic heterocycles. The van der Waals surface area contributed by atoms with E-state index in [0.29, 0.717) is 0 Å². The van der Waals surface area contributed by atoms with E-state index in [2.05, 4.69) is 15.0 Å². The van der Waals surface area contributed by atoms with Gasteiger partial charge in [0, 0.05) is 6.42 Å². The van der Waals surface area contributed by atoms with Gasteiger partial charge in [-0.25, -0.2) is 23.7 Å². The van der Waals surface area contributed by atoms with Crippen molar-refractivity contribution in [1.29, 1.82) is 0 Å². The van der Waals surface area contributed by atoms with Crippen molar-refractivity contribution in [3.63, 3.8) is 0 Å². The highest BCUT2D eigenvalue weighted by atomic mass is 19.3. The van der Waals surface area contributed by atoms with Gasteiger partial charge in [-0.1, -0.05) is 0 Å². The number of nitrogens with zero attached hydrogens (tertiary/aromatic N) is 4. The van der Waals surface area contributed by atoms with Gasteiger partial charge < -0.3 is 15.6 Å². The predicted molar refractivity (Wildman–Crippen MR) is 60.3 cm³/mol. The molecule has 1 aliphatic rings. The van der Waals surface area contributed by atoms with Crippen molar-refractivity contribution in [2.75, 3.05) is 12.3 Å². The lowest BCUT2D eigenvalue weighted by molar-refractivity contribution is -0.116. The van der Waals surface area contributed by atoms with Gasteiger partial charge in [0.1, 0.15) is 11.8 Å². The topological polar surface area (TPSA) is 99.1 Å². The van der Waals surface area contributed by atoms with Crippen LogP contribution in [0.1, 0.15) is 12.6 Å². The molecule has 2 aromatic rings. The van der Waals surface area contributed by atoms with Crippen molar-refractivity contribution in [1.82, 2.24) is 19.5 Å². The van der Waals surface area contributed by atoms with Gasteiger partial charge in [-0.05, 0) is 0 Å². The third-order valence-corrected chi connectivity index (χ3v) is 3.03. The third-order valence-electron chi connectivity index (χ3n) is 3.03. The minimum absolute atomic E-state index is 0.115. The Morgan fingerprint density at radius 3 is 2.95 bits per heavy atom. The van der Waals surface area contributed by atoms with Crippen LogP contribution >= 0.6 is 0 Å². The number of anilines is 1. The van der Waals surface area contributed by atoms with Gasteiger partial charge in [-0.3, -0.25) is 4.57 Å². The van der Waals surface area contributed by atoms with E-state index in [1.807, 2.05) is 0 Å². The monoisotopic (exact) mass is 271 g/mol. The average Bonchev–Trinajstić information content (AvgIpc) is 2.90. The van der Waals surface area contributed by atoms with Crippen LogP contribution in [0, 0.1) is 0 Å². The number of aromatic nitrogens is 4. The van der Waals surface area contributed by atoms with Gasteiger partial charge in [0.25, 0.3) is 5.92 Å². The fourth-order valence-electron chi connectivity index (χ4n) is 2.15. The summed E-state index contributed by atoms with van der Waals surface area (Å²) in [7, 11) is 0. The predicted octanol–water partition coefficient (Wildman–Crippen LogP) is 0.324. The standard InChI is InChI=1S/C10H11F2N5O2/c11-10(12)1-5(2-18)19-9(10)17-4-16-6-7(13)14-3-15-8(6)17/h3-5,9,18H,1-2H2,(H2,13,14,15)/t5-,9+/m0/s1. The van der Waals surface area contributed by atoms with Crippen LogP contribution in [0.25, 0.3) is 11.2 Å². The van der Waals surface area contributed by atoms with E-state index in [1.165, 1.54) is 12.7 Å². The highest BCUT2D eigenvalue weighted by molar-refractivity contribution is 5.81. The van der Waals surface area contributed by atoms with Crippen LogP contribution in [-0.2, 0) is 4.74 Å². The van der Waals surface area contributed by atoms with Crippen LogP contribution in [0.4, 0.5) is 14.6 Å². The number of nitrogens with two attached hydrogens (primary N) is 1. The lowest BCUT2D eigenvalue weighted by Crippen LogP contribution is -2.25. The van der Waals surface area contributed by atoms with E-state index >= 15 is 0 Å². The first-order valence-corrected chi connectivity index (χ1v) is 5.60. The second-order valence-corrected chi connectivity index (χ2v) is 4.34. The Balaban J connectivity index is 2.07. The molecule has 0 saturated carbocycles. The van der Waals surface area contributed by atoms with E-state index in [9.17, 15) is 8.78 Å². The van der Waals surface area contributed by atoms with Gasteiger partial charge in [-0.2, -0.15) is 0 Å². The molecular weight excluding hydrogens is 260 g/mol. The number of rotatable bonds is 2. The Hall–Kier alpha value is -1.87. The highest BCUT2D eigenvalue weighted by Crippen LogP contribution is 2.43. The molecule has 1 saturated heterocycles. The van der Waals surface area contributed by atoms with Crippen molar-refractivity contribution in [3.05, 3.63) is 12.7 Å². The number of imidazole rings is 1. The molecule has 2 atom stereocenters. The van der Waals surface area contributed by atoms with Crippen LogP contribution in [0.5, 0.6) is 0 Å². The highest BCUT2D eigenvalue weighted by Gasteiger charge is 2.51. The summed E-state index contributed by atoms with van der Waals surface area (Å²) in [5, 5.41) is 8.94. The second-order valence-electron chi connectivity index (χ2n) is 4.34.